The van der Waals surface area contributed by atoms with Gasteiger partial charge in [0.05, 0.1) is 54.6 Å². The van der Waals surface area contributed by atoms with E-state index < -0.39 is 0 Å². The van der Waals surface area contributed by atoms with Crippen LogP contribution in [-0.4, -0.2) is 0 Å². The molecule has 33 rings (SSSR count). The molecule has 0 unspecified atom stereocenters. The molecular weight excluding hydrogens is 1860 g/mol. The lowest BCUT2D eigenvalue weighted by atomic mass is 10.0. The zero-order chi connectivity index (χ0) is 94.0. The molecule has 0 bridgehead atoms. The minimum absolute atomic E-state index is 0.847. The van der Waals surface area contributed by atoms with Crippen LogP contribution in [0.5, 0.6) is 0 Å². The predicted molar refractivity (Wildman–Crippen MR) is 614 cm³/mol. The molecular formula is C130H73N3O6S5. The van der Waals surface area contributed by atoms with Gasteiger partial charge in [0.2, 0.25) is 0 Å². The molecule has 0 amide bonds. The maximum Gasteiger partial charge on any atom is 0.159 e. The molecule has 0 spiro atoms. The molecule has 0 N–H and O–H groups in total. The largest absolute Gasteiger partial charge is 0.456 e. The molecule has 14 heteroatoms. The van der Waals surface area contributed by atoms with Gasteiger partial charge in [-0.2, -0.15) is 0 Å². The number of anilines is 9. The van der Waals surface area contributed by atoms with Crippen LogP contribution in [0.4, 0.5) is 51.2 Å². The van der Waals surface area contributed by atoms with Gasteiger partial charge in [-0.15, -0.1) is 56.7 Å². The lowest BCUT2D eigenvalue weighted by Gasteiger charge is -2.27. The average Bonchev–Trinajstić information content (AvgIpc) is 1.58. The minimum atomic E-state index is 0.847. The highest BCUT2D eigenvalue weighted by Gasteiger charge is 2.32. The van der Waals surface area contributed by atoms with Gasteiger partial charge in [-0.1, -0.05) is 261 Å². The van der Waals surface area contributed by atoms with Gasteiger partial charge in [-0.3, -0.25) is 0 Å². The van der Waals surface area contributed by atoms with Crippen molar-refractivity contribution >= 4 is 351 Å². The van der Waals surface area contributed by atoms with E-state index in [0.717, 1.165) is 193 Å². The third-order valence-electron chi connectivity index (χ3n) is 29.0. The summed E-state index contributed by atoms with van der Waals surface area (Å²) in [6, 6.07) is 158. The maximum absolute atomic E-state index is 6.95. The molecule has 0 saturated heterocycles. The molecule has 0 atom stereocenters. The quantitative estimate of drug-likeness (QED) is 0.133. The number of nitrogens with zero attached hydrogens (tertiary/aromatic N) is 3. The Labute approximate surface area is 839 Å². The van der Waals surface area contributed by atoms with E-state index in [4.69, 9.17) is 26.5 Å². The van der Waals surface area contributed by atoms with Gasteiger partial charge >= 0.3 is 0 Å². The topological polar surface area (TPSA) is 88.6 Å². The molecule has 11 aromatic heterocycles. The second kappa shape index (κ2) is 32.0. The van der Waals surface area contributed by atoms with E-state index in [0.29, 0.717) is 0 Å². The average molecular weight is 1930 g/mol. The van der Waals surface area contributed by atoms with Crippen molar-refractivity contribution in [1.29, 1.82) is 0 Å². The van der Waals surface area contributed by atoms with Crippen molar-refractivity contribution in [2.75, 3.05) is 14.7 Å². The predicted octanol–water partition coefficient (Wildman–Crippen LogP) is 41.5. The van der Waals surface area contributed by atoms with Gasteiger partial charge in [0.15, 0.2) is 5.58 Å². The summed E-state index contributed by atoms with van der Waals surface area (Å²) >= 11 is 9.20. The highest BCUT2D eigenvalue weighted by molar-refractivity contribution is 7.28. The van der Waals surface area contributed by atoms with Gasteiger partial charge < -0.3 is 41.2 Å². The molecule has 0 radical (unpaired) electrons. The second-order valence-electron chi connectivity index (χ2n) is 36.9. The molecule has 144 heavy (non-hydrogen) atoms. The molecule has 0 aliphatic rings. The molecule has 22 aromatic carbocycles. The molecule has 33 aromatic rings. The van der Waals surface area contributed by atoms with Crippen LogP contribution in [0.25, 0.3) is 254 Å². The van der Waals surface area contributed by atoms with Crippen molar-refractivity contribution in [3.05, 3.63) is 443 Å². The van der Waals surface area contributed by atoms with Crippen molar-refractivity contribution in [3.63, 3.8) is 0 Å². The van der Waals surface area contributed by atoms with Crippen LogP contribution in [0.15, 0.2) is 469 Å². The fourth-order valence-electron chi connectivity index (χ4n) is 22.7. The number of thiophene rings is 5. The number of hydrogen-bond acceptors (Lipinski definition) is 14. The van der Waals surface area contributed by atoms with Gasteiger partial charge in [0.1, 0.15) is 61.4 Å². The summed E-state index contributed by atoms with van der Waals surface area (Å²) in [4.78, 5) is 7.27. The van der Waals surface area contributed by atoms with Crippen LogP contribution in [0, 0.1) is 0 Å². The first-order chi connectivity index (χ1) is 71.4. The monoisotopic (exact) mass is 1930 g/mol. The Balaban J connectivity index is 0.0000000986. The fraction of sp³-hybridized carbons (Fsp3) is 0. The smallest absolute Gasteiger partial charge is 0.159 e. The zero-order valence-corrected chi connectivity index (χ0v) is 80.6. The number of hydrogen-bond donors (Lipinski definition) is 0. The Morgan fingerprint density at radius 2 is 0.472 bits per heavy atom. The van der Waals surface area contributed by atoms with Crippen LogP contribution in [0.2, 0.25) is 0 Å². The maximum atomic E-state index is 6.95. The number of benzene rings is 22. The highest BCUT2D eigenvalue weighted by Crippen LogP contribution is 2.58. The lowest BCUT2D eigenvalue weighted by Crippen LogP contribution is -2.10. The van der Waals surface area contributed by atoms with E-state index in [-0.39, 0.29) is 0 Å². The SMILES string of the molecule is c1ccc(-c2ccc(N(c3cccc4c3oc3c5ccccc5ccc43)c3cccc4sc5ccc6c7ccccc7oc6c5c34)cc2)cc1.c1ccc2c(c1)oc1c2ccc2sc3cccc(N(c4cccc5c4sc4ccccc45)c4cccc5c4sc4ccccc45)c3c21.c1ccc2c(c1)oc1cc(N(c3cccc4oc5ccccc5c34)c3cccc4sc5ccc6c7ccccc7oc6c5c34)ccc12. The normalized spacial score (nSPS) is 12.2. The minimum Gasteiger partial charge on any atom is -0.456 e. The lowest BCUT2D eigenvalue weighted by molar-refractivity contribution is 0.669. The van der Waals surface area contributed by atoms with E-state index in [2.05, 4.69) is 421 Å². The van der Waals surface area contributed by atoms with Crippen molar-refractivity contribution in [2.45, 2.75) is 0 Å². The summed E-state index contributed by atoms with van der Waals surface area (Å²) in [5, 5.41) is 27.9. The Morgan fingerprint density at radius 3 is 1.01 bits per heavy atom. The summed E-state index contributed by atoms with van der Waals surface area (Å²) < 4.78 is 52.3. The number of fused-ring (bicyclic) bond motifs is 38. The second-order valence-corrected chi connectivity index (χ2v) is 42.2. The Bertz CT molecular complexity index is 11100. The number of para-hydroxylation sites is 6. The first-order valence-electron chi connectivity index (χ1n) is 48.2. The third-order valence-corrected chi connectivity index (χ3v) is 34.8. The molecule has 0 aliphatic carbocycles. The Hall–Kier alpha value is -17.6. The first-order valence-corrected chi connectivity index (χ1v) is 52.3. The summed E-state index contributed by atoms with van der Waals surface area (Å²) in [6.07, 6.45) is 0. The molecule has 0 saturated carbocycles. The third kappa shape index (κ3) is 12.4. The van der Waals surface area contributed by atoms with Gasteiger partial charge in [-0.25, -0.2) is 0 Å². The Kier molecular flexibility index (Phi) is 18.0. The van der Waals surface area contributed by atoms with Crippen LogP contribution in [-0.2, 0) is 0 Å². The summed E-state index contributed by atoms with van der Waals surface area (Å²) in [7, 11) is 0. The van der Waals surface area contributed by atoms with Crippen molar-refractivity contribution in [3.8, 4) is 11.1 Å². The number of furan rings is 6. The Morgan fingerprint density at radius 1 is 0.146 bits per heavy atom. The standard InChI is InChI=1S/C46H27NO2S.C42H23NO3S.C42H23NOS3/c1-2-10-28(11-3-1)29-20-23-31(24-21-29)47(38-17-8-15-34-36-25-22-30-12-4-5-13-32(30)44(36)49-45(34)38)37-16-9-19-40-42(37)43-41(50-40)27-26-35-33-14-6-7-18-39(33)48-46(35)43;1-4-14-32-25(9-1)27-20-19-24(23-36(27)45-32)43(30-12-7-17-35-39(30)29-11-3-6-16-34(29)44-35)31-13-8-18-37-40(31)41-38(47-37)22-21-28-26-10-2-5-15-33(26)46-42(28)41;1-4-18-33-24(10-1)27-22-23-37-39(40(27)44-33)38-30(15-9-21-36(38)45-37)43(31-16-7-13-28-25-11-2-5-19-34(25)46-41(28)31)32-17-8-14-29-26-12-3-6-20-35(26)47-42(29)32/h1-27H;2*1-23H. The van der Waals surface area contributed by atoms with E-state index in [9.17, 15) is 0 Å². The summed E-state index contributed by atoms with van der Waals surface area (Å²) in [5.74, 6) is 0. The van der Waals surface area contributed by atoms with E-state index in [1.165, 1.54) is 113 Å². The zero-order valence-electron chi connectivity index (χ0n) is 76.5. The van der Waals surface area contributed by atoms with Crippen LogP contribution in [0.3, 0.4) is 0 Å². The van der Waals surface area contributed by atoms with Gasteiger partial charge in [0, 0.05) is 174 Å². The van der Waals surface area contributed by atoms with Crippen molar-refractivity contribution < 1.29 is 26.5 Å². The van der Waals surface area contributed by atoms with E-state index >= 15 is 0 Å². The van der Waals surface area contributed by atoms with Crippen molar-refractivity contribution in [2.24, 2.45) is 0 Å². The molecule has 0 aliphatic heterocycles. The number of rotatable bonds is 10. The highest BCUT2D eigenvalue weighted by atomic mass is 32.1. The van der Waals surface area contributed by atoms with Gasteiger partial charge in [0.25, 0.3) is 0 Å². The van der Waals surface area contributed by atoms with E-state index in [1.54, 1.807) is 22.7 Å². The molecule has 674 valence electrons. The van der Waals surface area contributed by atoms with Gasteiger partial charge in [-0.05, 0) is 192 Å². The molecule has 9 nitrogen and oxygen atoms in total. The van der Waals surface area contributed by atoms with Crippen LogP contribution < -0.4 is 14.7 Å². The van der Waals surface area contributed by atoms with E-state index in [1.807, 2.05) is 70.4 Å². The summed E-state index contributed by atoms with van der Waals surface area (Å²) in [6.45, 7) is 0. The first kappa shape index (κ1) is 81.3. The molecule has 0 fully saturated rings. The van der Waals surface area contributed by atoms with Crippen LogP contribution in [0.1, 0.15) is 0 Å². The molecule has 11 heterocycles. The fourth-order valence-corrected chi connectivity index (χ4v) is 28.5. The van der Waals surface area contributed by atoms with Crippen LogP contribution >= 0.6 is 56.7 Å². The van der Waals surface area contributed by atoms with Crippen molar-refractivity contribution in [1.82, 2.24) is 0 Å². The summed E-state index contributed by atoms with van der Waals surface area (Å²) in [5.41, 5.74) is 22.9.